The summed E-state index contributed by atoms with van der Waals surface area (Å²) in [7, 11) is -2.44. The van der Waals surface area contributed by atoms with Crippen molar-refractivity contribution in [1.29, 1.82) is 0 Å². The minimum atomic E-state index is -3.89. The minimum absolute atomic E-state index is 0.135. The van der Waals surface area contributed by atoms with Crippen LogP contribution >= 0.6 is 0 Å². The van der Waals surface area contributed by atoms with Crippen molar-refractivity contribution in [3.05, 3.63) is 48.5 Å². The first-order valence-corrected chi connectivity index (χ1v) is 10.9. The molecule has 2 amide bonds. The molecule has 2 aromatic carbocycles. The van der Waals surface area contributed by atoms with Crippen molar-refractivity contribution in [2.24, 2.45) is 0 Å². The quantitative estimate of drug-likeness (QED) is 0.752. The van der Waals surface area contributed by atoms with Gasteiger partial charge in [-0.1, -0.05) is 31.0 Å². The van der Waals surface area contributed by atoms with Gasteiger partial charge in [-0.2, -0.15) is 0 Å². The number of amides is 2. The van der Waals surface area contributed by atoms with Crippen LogP contribution in [0.3, 0.4) is 0 Å². The monoisotopic (exact) mass is 416 g/mol. The predicted molar refractivity (Wildman–Crippen MR) is 111 cm³/mol. The maximum atomic E-state index is 13.4. The molecule has 0 heterocycles. The Labute approximate surface area is 170 Å². The van der Waals surface area contributed by atoms with Crippen LogP contribution in [0.2, 0.25) is 0 Å². The fourth-order valence-corrected chi connectivity index (χ4v) is 5.80. The van der Waals surface area contributed by atoms with Crippen LogP contribution < -0.4 is 15.4 Å². The molecule has 1 saturated carbocycles. The first-order chi connectivity index (χ1) is 13.8. The van der Waals surface area contributed by atoms with E-state index in [2.05, 4.69) is 10.6 Å². The molecule has 0 aliphatic heterocycles. The molecule has 1 fully saturated rings. The lowest BCUT2D eigenvalue weighted by atomic mass is 10.1. The Kier molecular flexibility index (Phi) is 5.93. The zero-order valence-corrected chi connectivity index (χ0v) is 17.2. The molecule has 0 unspecified atom stereocenters. The molecule has 3 rings (SSSR count). The van der Waals surface area contributed by atoms with Gasteiger partial charge in [0, 0.05) is 12.6 Å². The first-order valence-electron chi connectivity index (χ1n) is 9.37. The van der Waals surface area contributed by atoms with E-state index in [0.29, 0.717) is 30.0 Å². The summed E-state index contributed by atoms with van der Waals surface area (Å²) in [4.78, 5) is 24.8. The number of sulfone groups is 1. The fraction of sp³-hybridized carbons (Fsp3) is 0.333. The average molecular weight is 416 g/mol. The molecule has 1 aliphatic carbocycles. The molecule has 2 aromatic rings. The van der Waals surface area contributed by atoms with Gasteiger partial charge in [0.15, 0.2) is 14.6 Å². The molecule has 7 nitrogen and oxygen atoms in total. The Morgan fingerprint density at radius 2 is 1.66 bits per heavy atom. The van der Waals surface area contributed by atoms with E-state index < -0.39 is 20.5 Å². The number of rotatable bonds is 6. The maximum Gasteiger partial charge on any atom is 0.246 e. The standard InChI is InChI=1S/C21H24N2O5S/c1-15(24)22-16-10-11-19(28-2)18(14-16)23-20(25)21(12-6-7-13-21)29(26,27)17-8-4-3-5-9-17/h3-5,8-11,14H,6-7,12-13H2,1-2H3,(H,22,24)(H,23,25). The SMILES string of the molecule is COc1ccc(NC(C)=O)cc1NC(=O)C1(S(=O)(=O)c2ccccc2)CCCC1. The number of carbonyl (C=O) groups is 2. The molecule has 2 N–H and O–H groups in total. The third kappa shape index (κ3) is 3.98. The highest BCUT2D eigenvalue weighted by Gasteiger charge is 2.53. The van der Waals surface area contributed by atoms with Crippen molar-refractivity contribution >= 4 is 33.0 Å². The highest BCUT2D eigenvalue weighted by Crippen LogP contribution is 2.42. The smallest absolute Gasteiger partial charge is 0.246 e. The Morgan fingerprint density at radius 1 is 1.00 bits per heavy atom. The van der Waals surface area contributed by atoms with Gasteiger partial charge in [0.1, 0.15) is 5.75 Å². The summed E-state index contributed by atoms with van der Waals surface area (Å²) < 4.78 is 30.6. The second-order valence-electron chi connectivity index (χ2n) is 7.07. The molecule has 29 heavy (non-hydrogen) atoms. The van der Waals surface area contributed by atoms with Crippen LogP contribution in [-0.4, -0.2) is 32.1 Å². The maximum absolute atomic E-state index is 13.4. The topological polar surface area (TPSA) is 102 Å². The summed E-state index contributed by atoms with van der Waals surface area (Å²) in [5.41, 5.74) is 0.776. The van der Waals surface area contributed by atoms with Crippen LogP contribution in [0, 0.1) is 0 Å². The van der Waals surface area contributed by atoms with Crippen LogP contribution in [0.1, 0.15) is 32.6 Å². The number of carbonyl (C=O) groups excluding carboxylic acids is 2. The highest BCUT2D eigenvalue weighted by molar-refractivity contribution is 7.93. The normalized spacial score (nSPS) is 15.5. The molecule has 0 saturated heterocycles. The van der Waals surface area contributed by atoms with Crippen LogP contribution in [0.4, 0.5) is 11.4 Å². The van der Waals surface area contributed by atoms with E-state index in [1.807, 2.05) is 0 Å². The summed E-state index contributed by atoms with van der Waals surface area (Å²) in [6.45, 7) is 1.38. The predicted octanol–water partition coefficient (Wildman–Crippen LogP) is 3.38. The molecule has 0 spiro atoms. The van der Waals surface area contributed by atoms with E-state index in [1.54, 1.807) is 36.4 Å². The summed E-state index contributed by atoms with van der Waals surface area (Å²) in [6, 6.07) is 12.9. The van der Waals surface area contributed by atoms with E-state index >= 15 is 0 Å². The molecule has 0 atom stereocenters. The summed E-state index contributed by atoms with van der Waals surface area (Å²) in [6.07, 6.45) is 1.82. The molecule has 0 radical (unpaired) electrons. The van der Waals surface area contributed by atoms with Crippen LogP contribution in [0.5, 0.6) is 5.75 Å². The van der Waals surface area contributed by atoms with E-state index in [1.165, 1.54) is 26.2 Å². The first kappa shape index (κ1) is 20.9. The van der Waals surface area contributed by atoms with Crippen LogP contribution in [0.25, 0.3) is 0 Å². The number of hydrogen-bond acceptors (Lipinski definition) is 5. The molecule has 0 bridgehead atoms. The Bertz CT molecular complexity index is 1010. The average Bonchev–Trinajstić information content (AvgIpc) is 3.20. The second kappa shape index (κ2) is 8.24. The molecule has 8 heteroatoms. The number of hydrogen-bond donors (Lipinski definition) is 2. The highest BCUT2D eigenvalue weighted by atomic mass is 32.2. The third-order valence-corrected chi connectivity index (χ3v) is 7.68. The van der Waals surface area contributed by atoms with Crippen molar-refractivity contribution in [1.82, 2.24) is 0 Å². The molecule has 0 aromatic heterocycles. The van der Waals surface area contributed by atoms with Gasteiger partial charge in [-0.15, -0.1) is 0 Å². The van der Waals surface area contributed by atoms with Crippen LogP contribution in [-0.2, 0) is 19.4 Å². The number of methoxy groups -OCH3 is 1. The van der Waals surface area contributed by atoms with Gasteiger partial charge in [-0.25, -0.2) is 8.42 Å². The summed E-state index contributed by atoms with van der Waals surface area (Å²) in [5, 5.41) is 5.38. The number of nitrogens with one attached hydrogen (secondary N) is 2. The van der Waals surface area contributed by atoms with Crippen molar-refractivity contribution in [3.63, 3.8) is 0 Å². The Hall–Kier alpha value is -2.87. The minimum Gasteiger partial charge on any atom is -0.495 e. The summed E-state index contributed by atoms with van der Waals surface area (Å²) >= 11 is 0. The summed E-state index contributed by atoms with van der Waals surface area (Å²) in [5.74, 6) is -0.471. The van der Waals surface area contributed by atoms with E-state index in [0.717, 1.165) is 0 Å². The molecular formula is C21H24N2O5S. The second-order valence-corrected chi connectivity index (χ2v) is 9.33. The largest absolute Gasteiger partial charge is 0.495 e. The van der Waals surface area contributed by atoms with E-state index in [9.17, 15) is 18.0 Å². The zero-order valence-electron chi connectivity index (χ0n) is 16.4. The van der Waals surface area contributed by atoms with Crippen LogP contribution in [0.15, 0.2) is 53.4 Å². The Balaban J connectivity index is 1.98. The van der Waals surface area contributed by atoms with Gasteiger partial charge in [0.2, 0.25) is 11.8 Å². The van der Waals surface area contributed by atoms with Gasteiger partial charge in [-0.3, -0.25) is 9.59 Å². The molecule has 154 valence electrons. The lowest BCUT2D eigenvalue weighted by molar-refractivity contribution is -0.118. The zero-order chi connectivity index (χ0) is 21.1. The lowest BCUT2D eigenvalue weighted by Gasteiger charge is -2.28. The van der Waals surface area contributed by atoms with Gasteiger partial charge < -0.3 is 15.4 Å². The van der Waals surface area contributed by atoms with Gasteiger partial charge in [0.25, 0.3) is 0 Å². The van der Waals surface area contributed by atoms with Crippen molar-refractivity contribution in [2.45, 2.75) is 42.2 Å². The van der Waals surface area contributed by atoms with Crippen molar-refractivity contribution < 1.29 is 22.7 Å². The van der Waals surface area contributed by atoms with E-state index in [-0.39, 0.29) is 23.6 Å². The van der Waals surface area contributed by atoms with Gasteiger partial charge in [0.05, 0.1) is 17.7 Å². The lowest BCUT2D eigenvalue weighted by Crippen LogP contribution is -2.47. The van der Waals surface area contributed by atoms with Gasteiger partial charge in [-0.05, 0) is 43.2 Å². The van der Waals surface area contributed by atoms with Gasteiger partial charge >= 0.3 is 0 Å². The third-order valence-electron chi connectivity index (χ3n) is 5.16. The number of anilines is 2. The molecule has 1 aliphatic rings. The van der Waals surface area contributed by atoms with E-state index in [4.69, 9.17) is 4.74 Å². The Morgan fingerprint density at radius 3 is 2.24 bits per heavy atom. The fourth-order valence-electron chi connectivity index (χ4n) is 3.71. The molecular weight excluding hydrogens is 392 g/mol. The number of ether oxygens (including phenoxy) is 1. The number of benzene rings is 2. The van der Waals surface area contributed by atoms with Crippen molar-refractivity contribution in [2.75, 3.05) is 17.7 Å². The van der Waals surface area contributed by atoms with Crippen molar-refractivity contribution in [3.8, 4) is 5.75 Å².